The van der Waals surface area contributed by atoms with Crippen LogP contribution in [0.5, 0.6) is 0 Å². The minimum absolute atomic E-state index is 0.261. The van der Waals surface area contributed by atoms with Crippen molar-refractivity contribution in [2.45, 2.75) is 20.3 Å². The van der Waals surface area contributed by atoms with E-state index in [4.69, 9.17) is 0 Å². The quantitative estimate of drug-likeness (QED) is 0.902. The maximum Gasteiger partial charge on any atom is 0.133 e. The van der Waals surface area contributed by atoms with E-state index in [1.54, 1.807) is 19.2 Å². The van der Waals surface area contributed by atoms with Crippen molar-refractivity contribution in [3.05, 3.63) is 41.5 Å². The number of hydrogen-bond acceptors (Lipinski definition) is 3. The Morgan fingerprint density at radius 2 is 1.94 bits per heavy atom. The van der Waals surface area contributed by atoms with Crippen LogP contribution >= 0.6 is 0 Å². The molecule has 3 nitrogen and oxygen atoms in total. The number of nitrogens with one attached hydrogen (secondary N) is 1. The van der Waals surface area contributed by atoms with Crippen molar-refractivity contribution in [3.8, 4) is 11.3 Å². The maximum absolute atomic E-state index is 13.8. The number of anilines is 1. The number of benzene rings is 1. The Balaban J connectivity index is 2.67. The third kappa shape index (κ3) is 2.18. The summed E-state index contributed by atoms with van der Waals surface area (Å²) in [7, 11) is 1.81. The molecular formula is C14H16FN3. The summed E-state index contributed by atoms with van der Waals surface area (Å²) in [6.07, 6.45) is 0.719. The van der Waals surface area contributed by atoms with Gasteiger partial charge in [0.1, 0.15) is 17.5 Å². The standard InChI is InChI=1S/C14H16FN3/c1-4-12-17-13(9(2)14(16-3)18-12)10-7-5-6-8-11(10)15/h5-8H,4H2,1-3H3,(H,16,17,18). The van der Waals surface area contributed by atoms with Gasteiger partial charge in [0.05, 0.1) is 5.69 Å². The molecule has 0 unspecified atom stereocenters. The van der Waals surface area contributed by atoms with Gasteiger partial charge in [-0.3, -0.25) is 0 Å². The molecule has 0 radical (unpaired) electrons. The molecule has 1 aromatic carbocycles. The summed E-state index contributed by atoms with van der Waals surface area (Å²) in [6.45, 7) is 3.88. The summed E-state index contributed by atoms with van der Waals surface area (Å²) in [5, 5.41) is 3.03. The molecule has 0 saturated heterocycles. The molecule has 1 aromatic heterocycles. The highest BCUT2D eigenvalue weighted by atomic mass is 19.1. The van der Waals surface area contributed by atoms with Gasteiger partial charge in [0.15, 0.2) is 0 Å². The second-order valence-corrected chi connectivity index (χ2v) is 4.05. The minimum atomic E-state index is -0.261. The summed E-state index contributed by atoms with van der Waals surface area (Å²) in [4.78, 5) is 8.82. The first-order valence-electron chi connectivity index (χ1n) is 5.97. The van der Waals surface area contributed by atoms with Crippen LogP contribution in [0.3, 0.4) is 0 Å². The van der Waals surface area contributed by atoms with Crippen LogP contribution < -0.4 is 5.32 Å². The molecule has 0 saturated carbocycles. The van der Waals surface area contributed by atoms with E-state index in [1.807, 2.05) is 19.9 Å². The smallest absolute Gasteiger partial charge is 0.133 e. The zero-order valence-corrected chi connectivity index (χ0v) is 10.8. The predicted octanol–water partition coefficient (Wildman–Crippen LogP) is 3.20. The molecule has 1 N–H and O–H groups in total. The third-order valence-electron chi connectivity index (χ3n) is 2.87. The van der Waals surface area contributed by atoms with Crippen LogP contribution in [0.25, 0.3) is 11.3 Å². The Labute approximate surface area is 106 Å². The van der Waals surface area contributed by atoms with Crippen molar-refractivity contribution in [1.29, 1.82) is 0 Å². The number of aromatic nitrogens is 2. The Kier molecular flexibility index (Phi) is 3.55. The minimum Gasteiger partial charge on any atom is -0.373 e. The van der Waals surface area contributed by atoms with Crippen LogP contribution in [0, 0.1) is 12.7 Å². The number of rotatable bonds is 3. The van der Waals surface area contributed by atoms with Gasteiger partial charge in [-0.05, 0) is 19.1 Å². The van der Waals surface area contributed by atoms with Gasteiger partial charge >= 0.3 is 0 Å². The molecule has 0 atom stereocenters. The molecule has 0 aliphatic rings. The largest absolute Gasteiger partial charge is 0.373 e. The Morgan fingerprint density at radius 3 is 2.56 bits per heavy atom. The third-order valence-corrected chi connectivity index (χ3v) is 2.87. The fourth-order valence-electron chi connectivity index (χ4n) is 1.88. The van der Waals surface area contributed by atoms with Gasteiger partial charge in [0.25, 0.3) is 0 Å². The van der Waals surface area contributed by atoms with Crippen molar-refractivity contribution in [2.75, 3.05) is 12.4 Å². The van der Waals surface area contributed by atoms with Gasteiger partial charge in [-0.25, -0.2) is 14.4 Å². The Bertz CT molecular complexity index is 567. The van der Waals surface area contributed by atoms with Crippen molar-refractivity contribution < 1.29 is 4.39 Å². The lowest BCUT2D eigenvalue weighted by Crippen LogP contribution is -2.05. The molecule has 2 aromatic rings. The van der Waals surface area contributed by atoms with Crippen LogP contribution in [0.15, 0.2) is 24.3 Å². The van der Waals surface area contributed by atoms with E-state index in [2.05, 4.69) is 15.3 Å². The molecule has 2 rings (SSSR count). The van der Waals surface area contributed by atoms with Crippen LogP contribution in [0.4, 0.5) is 10.2 Å². The lowest BCUT2D eigenvalue weighted by molar-refractivity contribution is 0.630. The number of nitrogens with zero attached hydrogens (tertiary/aromatic N) is 2. The van der Waals surface area contributed by atoms with Crippen molar-refractivity contribution in [3.63, 3.8) is 0 Å². The van der Waals surface area contributed by atoms with Gasteiger partial charge in [-0.15, -0.1) is 0 Å². The van der Waals surface area contributed by atoms with Crippen LogP contribution in [-0.4, -0.2) is 17.0 Å². The fraction of sp³-hybridized carbons (Fsp3) is 0.286. The molecule has 0 amide bonds. The molecule has 0 bridgehead atoms. The zero-order chi connectivity index (χ0) is 13.1. The van der Waals surface area contributed by atoms with E-state index >= 15 is 0 Å². The molecular weight excluding hydrogens is 229 g/mol. The van der Waals surface area contributed by atoms with E-state index in [0.717, 1.165) is 17.8 Å². The topological polar surface area (TPSA) is 37.8 Å². The zero-order valence-electron chi connectivity index (χ0n) is 10.8. The molecule has 0 spiro atoms. The molecule has 0 fully saturated rings. The fourth-order valence-corrected chi connectivity index (χ4v) is 1.88. The summed E-state index contributed by atoms with van der Waals surface area (Å²) in [5.41, 5.74) is 2.03. The first-order chi connectivity index (χ1) is 8.67. The Morgan fingerprint density at radius 1 is 1.22 bits per heavy atom. The SMILES string of the molecule is CCc1nc(NC)c(C)c(-c2ccccc2F)n1. The number of hydrogen-bond donors (Lipinski definition) is 1. The van der Waals surface area contributed by atoms with Gasteiger partial charge in [-0.2, -0.15) is 0 Å². The molecule has 18 heavy (non-hydrogen) atoms. The van der Waals surface area contributed by atoms with E-state index in [-0.39, 0.29) is 5.82 Å². The average molecular weight is 245 g/mol. The van der Waals surface area contributed by atoms with E-state index < -0.39 is 0 Å². The van der Waals surface area contributed by atoms with Gasteiger partial charge in [0.2, 0.25) is 0 Å². The molecule has 0 aliphatic carbocycles. The number of aryl methyl sites for hydroxylation is 1. The summed E-state index contributed by atoms with van der Waals surface area (Å²) >= 11 is 0. The maximum atomic E-state index is 13.8. The van der Waals surface area contributed by atoms with Gasteiger partial charge in [-0.1, -0.05) is 19.1 Å². The predicted molar refractivity (Wildman–Crippen MR) is 71.1 cm³/mol. The monoisotopic (exact) mass is 245 g/mol. The highest BCUT2D eigenvalue weighted by molar-refractivity contribution is 5.68. The second-order valence-electron chi connectivity index (χ2n) is 4.05. The first-order valence-corrected chi connectivity index (χ1v) is 5.97. The molecule has 1 heterocycles. The second kappa shape index (κ2) is 5.12. The van der Waals surface area contributed by atoms with Crippen LogP contribution in [-0.2, 0) is 6.42 Å². The van der Waals surface area contributed by atoms with Crippen molar-refractivity contribution in [1.82, 2.24) is 9.97 Å². The number of halogens is 1. The Hall–Kier alpha value is -1.97. The van der Waals surface area contributed by atoms with E-state index in [9.17, 15) is 4.39 Å². The lowest BCUT2D eigenvalue weighted by Gasteiger charge is -2.12. The lowest BCUT2D eigenvalue weighted by atomic mass is 10.1. The van der Waals surface area contributed by atoms with Crippen LogP contribution in [0.2, 0.25) is 0 Å². The first kappa shape index (κ1) is 12.5. The highest BCUT2D eigenvalue weighted by Gasteiger charge is 2.13. The van der Waals surface area contributed by atoms with Crippen LogP contribution in [0.1, 0.15) is 18.3 Å². The summed E-state index contributed by atoms with van der Waals surface area (Å²) in [5.74, 6) is 1.20. The molecule has 94 valence electrons. The molecule has 0 aliphatic heterocycles. The van der Waals surface area contributed by atoms with Gasteiger partial charge in [0, 0.05) is 24.6 Å². The van der Waals surface area contributed by atoms with Gasteiger partial charge < -0.3 is 5.32 Å². The highest BCUT2D eigenvalue weighted by Crippen LogP contribution is 2.27. The normalized spacial score (nSPS) is 10.4. The van der Waals surface area contributed by atoms with E-state index in [0.29, 0.717) is 17.1 Å². The van der Waals surface area contributed by atoms with Crippen molar-refractivity contribution >= 4 is 5.82 Å². The average Bonchev–Trinajstić information content (AvgIpc) is 2.40. The van der Waals surface area contributed by atoms with Crippen molar-refractivity contribution in [2.24, 2.45) is 0 Å². The summed E-state index contributed by atoms with van der Waals surface area (Å²) in [6, 6.07) is 6.67. The molecule has 4 heteroatoms. The summed E-state index contributed by atoms with van der Waals surface area (Å²) < 4.78 is 13.8. The van der Waals surface area contributed by atoms with E-state index in [1.165, 1.54) is 6.07 Å².